The second-order valence-corrected chi connectivity index (χ2v) is 6.62. The van der Waals surface area contributed by atoms with E-state index in [1.54, 1.807) is 0 Å². The average Bonchev–Trinajstić information content (AvgIpc) is 2.89. The molecule has 4 nitrogen and oxygen atoms in total. The summed E-state index contributed by atoms with van der Waals surface area (Å²) in [5, 5.41) is 9.41. The molecule has 1 heterocycles. The third kappa shape index (κ3) is 3.17. The number of carboxylic acid groups (broad SMARTS) is 1. The molecule has 2 fully saturated rings. The molecule has 0 bridgehead atoms. The SMILES string of the molecule is CCCN(C1COCC1C(=O)O)C1CCCC(C)C1C. The van der Waals surface area contributed by atoms with Crippen LogP contribution in [0.4, 0.5) is 0 Å². The summed E-state index contributed by atoms with van der Waals surface area (Å²) in [4.78, 5) is 13.9. The number of carboxylic acids is 1. The topological polar surface area (TPSA) is 49.8 Å². The Balaban J connectivity index is 2.15. The van der Waals surface area contributed by atoms with E-state index in [4.69, 9.17) is 4.74 Å². The van der Waals surface area contributed by atoms with E-state index in [0.717, 1.165) is 18.9 Å². The van der Waals surface area contributed by atoms with Crippen molar-refractivity contribution >= 4 is 5.97 Å². The highest BCUT2D eigenvalue weighted by Crippen LogP contribution is 2.35. The van der Waals surface area contributed by atoms with Gasteiger partial charge in [0.05, 0.1) is 19.1 Å². The Bertz CT molecular complexity index is 334. The molecule has 116 valence electrons. The zero-order valence-corrected chi connectivity index (χ0v) is 13.0. The van der Waals surface area contributed by atoms with Gasteiger partial charge in [0.2, 0.25) is 0 Å². The van der Waals surface area contributed by atoms with Gasteiger partial charge in [0.25, 0.3) is 0 Å². The predicted molar refractivity (Wildman–Crippen MR) is 78.7 cm³/mol. The summed E-state index contributed by atoms with van der Waals surface area (Å²) in [5.41, 5.74) is 0. The quantitative estimate of drug-likeness (QED) is 0.842. The first-order chi connectivity index (χ1) is 9.56. The highest BCUT2D eigenvalue weighted by Gasteiger charge is 2.42. The van der Waals surface area contributed by atoms with Gasteiger partial charge in [0.15, 0.2) is 0 Å². The molecule has 1 N–H and O–H groups in total. The van der Waals surface area contributed by atoms with Crippen LogP contribution in [0.25, 0.3) is 0 Å². The van der Waals surface area contributed by atoms with Crippen molar-refractivity contribution in [3.05, 3.63) is 0 Å². The minimum absolute atomic E-state index is 0.0604. The molecule has 1 saturated carbocycles. The van der Waals surface area contributed by atoms with Crippen molar-refractivity contribution in [1.29, 1.82) is 0 Å². The smallest absolute Gasteiger partial charge is 0.310 e. The lowest BCUT2D eigenvalue weighted by Gasteiger charge is -2.45. The van der Waals surface area contributed by atoms with Gasteiger partial charge in [-0.05, 0) is 31.2 Å². The maximum absolute atomic E-state index is 11.4. The largest absolute Gasteiger partial charge is 0.481 e. The molecule has 0 radical (unpaired) electrons. The highest BCUT2D eigenvalue weighted by atomic mass is 16.5. The molecule has 0 aromatic rings. The van der Waals surface area contributed by atoms with Crippen LogP contribution >= 0.6 is 0 Å². The van der Waals surface area contributed by atoms with Crippen LogP contribution in [0.3, 0.4) is 0 Å². The third-order valence-corrected chi connectivity index (χ3v) is 5.37. The minimum atomic E-state index is -0.704. The molecule has 20 heavy (non-hydrogen) atoms. The molecule has 0 aromatic carbocycles. The Morgan fingerprint density at radius 3 is 2.65 bits per heavy atom. The van der Waals surface area contributed by atoms with E-state index in [1.165, 1.54) is 19.3 Å². The monoisotopic (exact) mass is 283 g/mol. The number of hydrogen-bond donors (Lipinski definition) is 1. The van der Waals surface area contributed by atoms with Crippen LogP contribution in [-0.4, -0.2) is 47.8 Å². The lowest BCUT2D eigenvalue weighted by Crippen LogP contribution is -2.53. The number of nitrogens with zero attached hydrogens (tertiary/aromatic N) is 1. The van der Waals surface area contributed by atoms with E-state index < -0.39 is 5.97 Å². The van der Waals surface area contributed by atoms with Crippen LogP contribution in [-0.2, 0) is 9.53 Å². The molecule has 0 aromatic heterocycles. The van der Waals surface area contributed by atoms with Gasteiger partial charge in [0.1, 0.15) is 0 Å². The first-order valence-electron chi connectivity index (χ1n) is 8.12. The van der Waals surface area contributed by atoms with Crippen molar-refractivity contribution < 1.29 is 14.6 Å². The minimum Gasteiger partial charge on any atom is -0.481 e. The molecule has 1 saturated heterocycles. The molecule has 5 unspecified atom stereocenters. The molecule has 0 spiro atoms. The van der Waals surface area contributed by atoms with Gasteiger partial charge in [-0.3, -0.25) is 9.69 Å². The van der Waals surface area contributed by atoms with E-state index in [0.29, 0.717) is 25.2 Å². The molecule has 2 rings (SSSR count). The zero-order valence-electron chi connectivity index (χ0n) is 13.0. The maximum Gasteiger partial charge on any atom is 0.310 e. The molecule has 4 heteroatoms. The van der Waals surface area contributed by atoms with E-state index in [2.05, 4.69) is 25.7 Å². The third-order valence-electron chi connectivity index (χ3n) is 5.37. The van der Waals surface area contributed by atoms with Crippen LogP contribution < -0.4 is 0 Å². The van der Waals surface area contributed by atoms with E-state index in [-0.39, 0.29) is 12.0 Å². The van der Waals surface area contributed by atoms with Gasteiger partial charge in [-0.15, -0.1) is 0 Å². The molecule has 1 aliphatic carbocycles. The lowest BCUT2D eigenvalue weighted by atomic mass is 9.76. The molecular weight excluding hydrogens is 254 g/mol. The number of aliphatic carboxylic acids is 1. The van der Waals surface area contributed by atoms with Gasteiger partial charge < -0.3 is 9.84 Å². The van der Waals surface area contributed by atoms with Gasteiger partial charge in [-0.2, -0.15) is 0 Å². The standard InChI is InChI=1S/C16H29NO3/c1-4-8-17(14-7-5-6-11(2)12(14)3)15-10-20-9-13(15)16(18)19/h11-15H,4-10H2,1-3H3,(H,18,19). The van der Waals surface area contributed by atoms with Gasteiger partial charge >= 0.3 is 5.97 Å². The van der Waals surface area contributed by atoms with Crippen molar-refractivity contribution in [3.63, 3.8) is 0 Å². The summed E-state index contributed by atoms with van der Waals surface area (Å²) in [6, 6.07) is 0.581. The van der Waals surface area contributed by atoms with Crippen LogP contribution in [0.15, 0.2) is 0 Å². The van der Waals surface area contributed by atoms with Crippen molar-refractivity contribution in [1.82, 2.24) is 4.90 Å². The van der Waals surface area contributed by atoms with Crippen molar-refractivity contribution in [2.45, 2.75) is 58.5 Å². The van der Waals surface area contributed by atoms with E-state index >= 15 is 0 Å². The molecule has 0 amide bonds. The Kier molecular flexibility index (Phi) is 5.44. The Hall–Kier alpha value is -0.610. The number of ether oxygens (including phenoxy) is 1. The molecule has 5 atom stereocenters. The number of carbonyl (C=O) groups is 1. The zero-order chi connectivity index (χ0) is 14.7. The van der Waals surface area contributed by atoms with Crippen molar-refractivity contribution in [2.24, 2.45) is 17.8 Å². The van der Waals surface area contributed by atoms with Crippen LogP contribution in [0, 0.1) is 17.8 Å². The molecular formula is C16H29NO3. The first kappa shape index (κ1) is 15.8. The summed E-state index contributed by atoms with van der Waals surface area (Å²) < 4.78 is 5.49. The summed E-state index contributed by atoms with van der Waals surface area (Å²) in [6.45, 7) is 8.78. The summed E-state index contributed by atoms with van der Waals surface area (Å²) in [7, 11) is 0. The normalized spacial score (nSPS) is 38.3. The first-order valence-corrected chi connectivity index (χ1v) is 8.12. The summed E-state index contributed by atoms with van der Waals surface area (Å²) in [6.07, 6.45) is 4.84. The number of hydrogen-bond acceptors (Lipinski definition) is 3. The Morgan fingerprint density at radius 2 is 2.00 bits per heavy atom. The van der Waals surface area contributed by atoms with Crippen molar-refractivity contribution in [3.8, 4) is 0 Å². The summed E-state index contributed by atoms with van der Waals surface area (Å²) >= 11 is 0. The van der Waals surface area contributed by atoms with Crippen LogP contribution in [0.2, 0.25) is 0 Å². The van der Waals surface area contributed by atoms with Gasteiger partial charge in [-0.25, -0.2) is 0 Å². The lowest BCUT2D eigenvalue weighted by molar-refractivity contribution is -0.143. The van der Waals surface area contributed by atoms with Gasteiger partial charge in [0, 0.05) is 12.1 Å². The molecule has 1 aliphatic heterocycles. The predicted octanol–water partition coefficient (Wildman–Crippen LogP) is 2.62. The van der Waals surface area contributed by atoms with Gasteiger partial charge in [-0.1, -0.05) is 33.6 Å². The second kappa shape index (κ2) is 6.90. The van der Waals surface area contributed by atoms with E-state index in [9.17, 15) is 9.90 Å². The fraction of sp³-hybridized carbons (Fsp3) is 0.938. The Labute approximate surface area is 122 Å². The van der Waals surface area contributed by atoms with Crippen LogP contribution in [0.1, 0.15) is 46.5 Å². The average molecular weight is 283 g/mol. The molecule has 2 aliphatic rings. The second-order valence-electron chi connectivity index (χ2n) is 6.62. The fourth-order valence-corrected chi connectivity index (χ4v) is 3.96. The van der Waals surface area contributed by atoms with Crippen molar-refractivity contribution in [2.75, 3.05) is 19.8 Å². The summed E-state index contributed by atoms with van der Waals surface area (Å²) in [5.74, 6) is 0.320. The van der Waals surface area contributed by atoms with Crippen LogP contribution in [0.5, 0.6) is 0 Å². The Morgan fingerprint density at radius 1 is 1.25 bits per heavy atom. The maximum atomic E-state index is 11.4. The highest BCUT2D eigenvalue weighted by molar-refractivity contribution is 5.71. The fourth-order valence-electron chi connectivity index (χ4n) is 3.96. The number of rotatable bonds is 5. The van der Waals surface area contributed by atoms with E-state index in [1.807, 2.05) is 0 Å².